The fourth-order valence-corrected chi connectivity index (χ4v) is 10.1. The largest absolute Gasteiger partial charge is 0.291 e. The number of rotatable bonds is 4. The van der Waals surface area contributed by atoms with Crippen LogP contribution in [0.2, 0.25) is 0 Å². The van der Waals surface area contributed by atoms with Crippen LogP contribution in [0.1, 0.15) is 0 Å². The highest BCUT2D eigenvalue weighted by Crippen LogP contribution is 2.50. The molecule has 59 heavy (non-hydrogen) atoms. The zero-order chi connectivity index (χ0) is 38.6. The summed E-state index contributed by atoms with van der Waals surface area (Å²) < 4.78 is 2.40. The second kappa shape index (κ2) is 12.3. The van der Waals surface area contributed by atoms with Crippen molar-refractivity contribution in [1.82, 2.24) is 9.55 Å². The van der Waals surface area contributed by atoms with E-state index in [2.05, 4.69) is 211 Å². The average molecular weight is 747 g/mol. The van der Waals surface area contributed by atoms with Gasteiger partial charge in [0.1, 0.15) is 5.82 Å². The summed E-state index contributed by atoms with van der Waals surface area (Å²) in [7, 11) is 0. The van der Waals surface area contributed by atoms with E-state index < -0.39 is 0 Å². The van der Waals surface area contributed by atoms with Gasteiger partial charge in [-0.1, -0.05) is 176 Å². The van der Waals surface area contributed by atoms with Crippen LogP contribution < -0.4 is 0 Å². The predicted octanol–water partition coefficient (Wildman–Crippen LogP) is 15.3. The van der Waals surface area contributed by atoms with Gasteiger partial charge in [0.2, 0.25) is 0 Å². The molecule has 1 aromatic heterocycles. The van der Waals surface area contributed by atoms with E-state index in [0.717, 1.165) is 33.7 Å². The average Bonchev–Trinajstić information content (AvgIpc) is 3.82. The molecule has 0 fully saturated rings. The first kappa shape index (κ1) is 32.3. The maximum Gasteiger partial charge on any atom is 0.145 e. The van der Waals surface area contributed by atoms with Crippen molar-refractivity contribution < 1.29 is 0 Å². The number of benzene rings is 10. The Kier molecular flexibility index (Phi) is 6.76. The topological polar surface area (TPSA) is 17.8 Å². The highest BCUT2D eigenvalue weighted by molar-refractivity contribution is 6.19. The Morgan fingerprint density at radius 1 is 0.322 bits per heavy atom. The van der Waals surface area contributed by atoms with Crippen LogP contribution in [-0.2, 0) is 0 Å². The van der Waals surface area contributed by atoms with Gasteiger partial charge >= 0.3 is 0 Å². The number of aromatic nitrogens is 2. The lowest BCUT2D eigenvalue weighted by molar-refractivity contribution is 1.11. The Morgan fingerprint density at radius 2 is 0.847 bits per heavy atom. The van der Waals surface area contributed by atoms with Crippen molar-refractivity contribution in [2.24, 2.45) is 0 Å². The summed E-state index contributed by atoms with van der Waals surface area (Å²) in [6.45, 7) is 0. The van der Waals surface area contributed by atoms with Crippen molar-refractivity contribution in [2.75, 3.05) is 0 Å². The molecule has 2 nitrogen and oxygen atoms in total. The number of hydrogen-bond donors (Lipinski definition) is 0. The van der Waals surface area contributed by atoms with Gasteiger partial charge in [0.15, 0.2) is 0 Å². The van der Waals surface area contributed by atoms with Crippen LogP contribution in [0.4, 0.5) is 0 Å². The smallest absolute Gasteiger partial charge is 0.145 e. The van der Waals surface area contributed by atoms with Gasteiger partial charge < -0.3 is 0 Å². The molecule has 2 heterocycles. The van der Waals surface area contributed by atoms with Crippen LogP contribution in [-0.4, -0.2) is 9.55 Å². The minimum Gasteiger partial charge on any atom is -0.291 e. The van der Waals surface area contributed by atoms with Crippen molar-refractivity contribution in [3.8, 4) is 95.0 Å². The van der Waals surface area contributed by atoms with E-state index in [1.165, 1.54) is 93.9 Å². The Labute approximate surface area is 342 Å². The summed E-state index contributed by atoms with van der Waals surface area (Å²) in [6.07, 6.45) is 0. The van der Waals surface area contributed by atoms with E-state index in [1.54, 1.807) is 0 Å². The maximum absolute atomic E-state index is 5.40. The zero-order valence-corrected chi connectivity index (χ0v) is 32.0. The van der Waals surface area contributed by atoms with E-state index in [9.17, 15) is 0 Å². The van der Waals surface area contributed by atoms with Gasteiger partial charge in [0.25, 0.3) is 0 Å². The molecule has 0 bridgehead atoms. The number of hydrogen-bond acceptors (Lipinski definition) is 1. The number of nitrogens with zero attached hydrogens (tertiary/aromatic N) is 2. The molecule has 0 spiro atoms. The Bertz CT molecular complexity index is 3540. The van der Waals surface area contributed by atoms with E-state index in [-0.39, 0.29) is 0 Å². The summed E-state index contributed by atoms with van der Waals surface area (Å²) >= 11 is 0. The first-order valence-corrected chi connectivity index (χ1v) is 20.4. The normalized spacial score (nSPS) is 12.1. The minimum absolute atomic E-state index is 0.941. The molecule has 1 aliphatic heterocycles. The fraction of sp³-hybridized carbons (Fsp3) is 0. The van der Waals surface area contributed by atoms with Gasteiger partial charge in [-0.15, -0.1) is 0 Å². The van der Waals surface area contributed by atoms with Crippen LogP contribution >= 0.6 is 0 Å². The maximum atomic E-state index is 5.40. The van der Waals surface area contributed by atoms with Crippen LogP contribution in [0.3, 0.4) is 0 Å². The molecular formula is C57H34N2. The van der Waals surface area contributed by atoms with Crippen LogP contribution in [0, 0.1) is 0 Å². The first-order chi connectivity index (χ1) is 29.3. The molecule has 11 aromatic rings. The summed E-state index contributed by atoms with van der Waals surface area (Å²) in [5, 5.41) is 5.15. The molecule has 13 rings (SSSR count). The monoisotopic (exact) mass is 746 g/mol. The van der Waals surface area contributed by atoms with E-state index in [4.69, 9.17) is 4.98 Å². The van der Waals surface area contributed by atoms with Crippen LogP contribution in [0.25, 0.3) is 128 Å². The van der Waals surface area contributed by atoms with Gasteiger partial charge in [0.05, 0.1) is 16.7 Å². The third-order valence-electron chi connectivity index (χ3n) is 12.7. The number of para-hydroxylation sites is 2. The van der Waals surface area contributed by atoms with Crippen molar-refractivity contribution >= 4 is 32.6 Å². The molecule has 272 valence electrons. The predicted molar refractivity (Wildman–Crippen MR) is 247 cm³/mol. The standard InChI is InChI=1S/C57H34N2/c1-2-19-43-35(12-1)28-29-50-46-22-5-6-27-53(46)59-56-51(54(43)50)25-11-26-52(56)58-57(59)41-18-9-16-39(34-41)37-14-7-13-36(32-37)38-15-8-17-40(33-38)42-30-31-49-45-21-4-3-20-44(45)48-24-10-23-47(42)55(48)49/h1-34H. The fourth-order valence-electron chi connectivity index (χ4n) is 10.1. The van der Waals surface area contributed by atoms with Crippen molar-refractivity contribution in [2.45, 2.75) is 0 Å². The molecule has 0 amide bonds. The lowest BCUT2D eigenvalue weighted by Crippen LogP contribution is -1.99. The van der Waals surface area contributed by atoms with Crippen LogP contribution in [0.15, 0.2) is 206 Å². The second-order valence-corrected chi connectivity index (χ2v) is 15.8. The zero-order valence-electron chi connectivity index (χ0n) is 32.0. The second-order valence-electron chi connectivity index (χ2n) is 15.8. The molecule has 0 atom stereocenters. The lowest BCUT2D eigenvalue weighted by atomic mass is 9.90. The summed E-state index contributed by atoms with van der Waals surface area (Å²) in [6, 6.07) is 75.7. The summed E-state index contributed by atoms with van der Waals surface area (Å²) in [5.74, 6) is 0.941. The molecule has 0 saturated carbocycles. The molecule has 0 N–H and O–H groups in total. The van der Waals surface area contributed by atoms with Gasteiger partial charge in [-0.3, -0.25) is 4.57 Å². The SMILES string of the molecule is c1cc(-c2cccc(-c3ccc4c5c(cccc35)-c3ccccc3-4)c2)cc(-c2cccc(-c3nc4cccc5c4n3-c3ccccc3-c3ccc4ccccc4c3-5)c2)c1. The molecule has 0 radical (unpaired) electrons. The quantitative estimate of drug-likeness (QED) is 0.175. The molecule has 0 saturated heterocycles. The summed E-state index contributed by atoms with van der Waals surface area (Å²) in [5.41, 5.74) is 21.8. The van der Waals surface area contributed by atoms with E-state index in [1.807, 2.05) is 0 Å². The van der Waals surface area contributed by atoms with Gasteiger partial charge in [-0.2, -0.15) is 0 Å². The minimum atomic E-state index is 0.941. The van der Waals surface area contributed by atoms with Crippen molar-refractivity contribution in [3.63, 3.8) is 0 Å². The van der Waals surface area contributed by atoms with Gasteiger partial charge in [-0.05, 0) is 119 Å². The van der Waals surface area contributed by atoms with E-state index in [0.29, 0.717) is 0 Å². The van der Waals surface area contributed by atoms with E-state index >= 15 is 0 Å². The first-order valence-electron chi connectivity index (χ1n) is 20.4. The summed E-state index contributed by atoms with van der Waals surface area (Å²) in [4.78, 5) is 5.40. The Balaban J connectivity index is 0.921. The van der Waals surface area contributed by atoms with Crippen molar-refractivity contribution in [3.05, 3.63) is 206 Å². The molecule has 2 aliphatic rings. The third kappa shape index (κ3) is 4.72. The lowest BCUT2D eigenvalue weighted by Gasteiger charge is -2.15. The highest BCUT2D eigenvalue weighted by Gasteiger charge is 2.27. The van der Waals surface area contributed by atoms with Gasteiger partial charge in [-0.25, -0.2) is 4.98 Å². The third-order valence-corrected chi connectivity index (χ3v) is 12.7. The molecule has 1 aliphatic carbocycles. The highest BCUT2D eigenvalue weighted by atomic mass is 15.1. The van der Waals surface area contributed by atoms with Gasteiger partial charge in [0, 0.05) is 16.7 Å². The molecule has 10 aromatic carbocycles. The van der Waals surface area contributed by atoms with Crippen molar-refractivity contribution in [1.29, 1.82) is 0 Å². The van der Waals surface area contributed by atoms with Crippen LogP contribution in [0.5, 0.6) is 0 Å². The Morgan fingerprint density at radius 3 is 1.64 bits per heavy atom. The number of imidazole rings is 1. The molecule has 0 unspecified atom stereocenters. The Hall–Kier alpha value is -7.81. The number of fused-ring (bicyclic) bond motifs is 10. The molecular weight excluding hydrogens is 713 g/mol. The molecule has 2 heteroatoms.